The van der Waals surface area contributed by atoms with Gasteiger partial charge in [-0.25, -0.2) is 9.59 Å². The minimum absolute atomic E-state index is 0.0910. The van der Waals surface area contributed by atoms with Gasteiger partial charge in [0.05, 0.1) is 51.8 Å². The minimum atomic E-state index is -2.82. The number of benzene rings is 5. The second-order valence-electron chi connectivity index (χ2n) is 21.1. The van der Waals surface area contributed by atoms with Gasteiger partial charge < -0.3 is 37.6 Å². The smallest absolute Gasteiger partial charge is 0.339 e. The second kappa shape index (κ2) is 25.3. The molecule has 386 valence electrons. The molecule has 0 radical (unpaired) electrons. The van der Waals surface area contributed by atoms with E-state index in [9.17, 15) is 9.59 Å². The Labute approximate surface area is 435 Å². The summed E-state index contributed by atoms with van der Waals surface area (Å²) in [7, 11) is 0.136. The van der Waals surface area contributed by atoms with E-state index in [0.29, 0.717) is 37.2 Å². The molecule has 10 nitrogen and oxygen atoms in total. The van der Waals surface area contributed by atoms with Gasteiger partial charge in [0, 0.05) is 24.3 Å². The maximum atomic E-state index is 14.3. The fourth-order valence-corrected chi connectivity index (χ4v) is 15.9. The summed E-state index contributed by atoms with van der Waals surface area (Å²) in [6.07, 6.45) is 4.28. The number of carbonyl (C=O) groups excluding carboxylic acids is 2. The van der Waals surface area contributed by atoms with Crippen molar-refractivity contribution in [3.8, 4) is 11.5 Å². The molecule has 1 aliphatic heterocycles. The van der Waals surface area contributed by atoms with Gasteiger partial charge in [0.25, 0.3) is 8.32 Å². The lowest BCUT2D eigenvalue weighted by atomic mass is 9.93. The van der Waals surface area contributed by atoms with Crippen LogP contribution in [0.4, 0.5) is 0 Å². The average molecular weight is 1030 g/mol. The van der Waals surface area contributed by atoms with E-state index in [0.717, 1.165) is 22.3 Å². The fraction of sp³-hybridized carbons (Fsp3) is 0.424. The Bertz CT molecular complexity index is 2490. The van der Waals surface area contributed by atoms with Crippen LogP contribution in [0.3, 0.4) is 0 Å². The Morgan fingerprint density at radius 1 is 0.778 bits per heavy atom. The van der Waals surface area contributed by atoms with Crippen LogP contribution in [0.5, 0.6) is 11.5 Å². The summed E-state index contributed by atoms with van der Waals surface area (Å²) in [4.78, 5) is 28.9. The summed E-state index contributed by atoms with van der Waals surface area (Å²) in [6, 6.07) is 43.5. The third-order valence-corrected chi connectivity index (χ3v) is 21.1. The van der Waals surface area contributed by atoms with Gasteiger partial charge >= 0.3 is 11.9 Å². The molecule has 1 saturated heterocycles. The lowest BCUT2D eigenvalue weighted by molar-refractivity contribution is -0.156. The van der Waals surface area contributed by atoms with E-state index in [2.05, 4.69) is 120 Å². The van der Waals surface area contributed by atoms with Crippen molar-refractivity contribution < 1.29 is 47.2 Å². The molecule has 13 heteroatoms. The van der Waals surface area contributed by atoms with Crippen LogP contribution in [-0.4, -0.2) is 86.5 Å². The molecule has 5 atom stereocenters. The lowest BCUT2D eigenvalue weighted by Crippen LogP contribution is -2.67. The topological polar surface area (TPSA) is 108 Å². The fourth-order valence-electron chi connectivity index (χ4n) is 9.27. The van der Waals surface area contributed by atoms with Crippen LogP contribution >= 0.6 is 11.8 Å². The van der Waals surface area contributed by atoms with E-state index in [1.54, 1.807) is 32.0 Å². The number of rotatable bonds is 24. The molecule has 0 saturated carbocycles. The standard InChI is InChI=1S/C59H76O10SSi2/c1-42(69-72(58(2,3)4,47-26-18-14-19-27-47)48-28-20-15-21-29-48)23-22-30-51(66-41-43-31-33-44(62-7)34-32-43)55-52(67-59(5,6)68-55)35-36-53(70-46-24-16-13-17-25-46)49-39-45(63-8)40-50(56(60)64-9)54(49)57(61)65-37-38-71(10,11)12/h13-22,24-34,39-40,42,51-53,55H,23,35-38,41H2,1-12H3/b30-22-/t42?,51?,52-,53?,55+/m0/s1. The Hall–Kier alpha value is -5.00. The number of hydrogen-bond donors (Lipinski definition) is 0. The van der Waals surface area contributed by atoms with Crippen molar-refractivity contribution in [3.05, 3.63) is 162 Å². The molecule has 0 amide bonds. The molecular weight excluding hydrogens is 957 g/mol. The van der Waals surface area contributed by atoms with Gasteiger partial charge in [-0.1, -0.05) is 144 Å². The van der Waals surface area contributed by atoms with Crippen molar-refractivity contribution in [2.24, 2.45) is 0 Å². The van der Waals surface area contributed by atoms with E-state index in [-0.39, 0.29) is 34.1 Å². The second-order valence-corrected chi connectivity index (χ2v) is 32.2. The summed E-state index contributed by atoms with van der Waals surface area (Å²) < 4.78 is 50.5. The van der Waals surface area contributed by atoms with Gasteiger partial charge in [-0.2, -0.15) is 0 Å². The number of carbonyl (C=O) groups is 2. The Morgan fingerprint density at radius 2 is 1.38 bits per heavy atom. The monoisotopic (exact) mass is 1030 g/mol. The first kappa shape index (κ1) is 56.3. The zero-order chi connectivity index (χ0) is 52.1. The SMILES string of the molecule is COC(=O)c1cc(OC)cc(C(CC[C@@H]2OC(C)(C)O[C@@H]2C(/C=C\CC(C)O[Si](c2ccccc2)(c2ccccc2)C(C)(C)C)OCc2ccc(OC)cc2)Sc2ccccc2)c1C(=O)OCC[Si](C)(C)C. The predicted molar refractivity (Wildman–Crippen MR) is 294 cm³/mol. The van der Waals surface area contributed by atoms with E-state index >= 15 is 0 Å². The number of methoxy groups -OCH3 is 3. The largest absolute Gasteiger partial charge is 0.497 e. The molecule has 1 heterocycles. The van der Waals surface area contributed by atoms with Crippen molar-refractivity contribution in [3.63, 3.8) is 0 Å². The average Bonchev–Trinajstić information content (AvgIpc) is 3.68. The predicted octanol–water partition coefficient (Wildman–Crippen LogP) is 12.6. The quantitative estimate of drug-likeness (QED) is 0.0255. The van der Waals surface area contributed by atoms with Crippen LogP contribution in [0.15, 0.2) is 144 Å². The van der Waals surface area contributed by atoms with Gasteiger partial charge in [0.15, 0.2) is 5.79 Å². The third-order valence-electron chi connectivity index (χ3n) is 12.9. The van der Waals surface area contributed by atoms with E-state index < -0.39 is 52.4 Å². The van der Waals surface area contributed by atoms with Crippen LogP contribution in [-0.2, 0) is 34.7 Å². The van der Waals surface area contributed by atoms with E-state index in [1.807, 2.05) is 74.5 Å². The van der Waals surface area contributed by atoms with Gasteiger partial charge in [-0.15, -0.1) is 11.8 Å². The molecule has 1 fully saturated rings. The molecule has 5 aromatic rings. The number of hydrogen-bond acceptors (Lipinski definition) is 11. The first-order valence-electron chi connectivity index (χ1n) is 25.0. The molecule has 0 aromatic heterocycles. The van der Waals surface area contributed by atoms with Gasteiger partial charge in [-0.05, 0) is 109 Å². The number of thioether (sulfide) groups is 1. The highest BCUT2D eigenvalue weighted by atomic mass is 32.2. The molecule has 0 spiro atoms. The zero-order valence-corrected chi connectivity index (χ0v) is 47.2. The molecular formula is C59H76O10SSi2. The molecule has 0 N–H and O–H groups in total. The van der Waals surface area contributed by atoms with Crippen LogP contribution in [0.1, 0.15) is 97.9 Å². The number of esters is 2. The van der Waals surface area contributed by atoms with Crippen molar-refractivity contribution in [2.45, 2.75) is 138 Å². The maximum Gasteiger partial charge on any atom is 0.339 e. The first-order chi connectivity index (χ1) is 34.3. The summed E-state index contributed by atoms with van der Waals surface area (Å²) in [6.45, 7) is 20.1. The molecule has 6 rings (SSSR count). The van der Waals surface area contributed by atoms with Crippen molar-refractivity contribution >= 4 is 50.5 Å². The highest BCUT2D eigenvalue weighted by Gasteiger charge is 2.51. The van der Waals surface area contributed by atoms with Crippen LogP contribution in [0, 0.1) is 0 Å². The van der Waals surface area contributed by atoms with Crippen LogP contribution in [0.25, 0.3) is 0 Å². The van der Waals surface area contributed by atoms with Crippen molar-refractivity contribution in [1.29, 1.82) is 0 Å². The lowest BCUT2D eigenvalue weighted by Gasteiger charge is -2.44. The third kappa shape index (κ3) is 14.8. The van der Waals surface area contributed by atoms with Gasteiger partial charge in [-0.3, -0.25) is 0 Å². The Balaban J connectivity index is 1.35. The maximum absolute atomic E-state index is 14.3. The van der Waals surface area contributed by atoms with Crippen molar-refractivity contribution in [2.75, 3.05) is 27.9 Å². The molecule has 5 aromatic carbocycles. The normalized spacial score (nSPS) is 17.3. The summed E-state index contributed by atoms with van der Waals surface area (Å²) >= 11 is 1.60. The molecule has 0 bridgehead atoms. The number of ether oxygens (including phenoxy) is 7. The first-order valence-corrected chi connectivity index (χ1v) is 31.5. The Morgan fingerprint density at radius 3 is 1.93 bits per heavy atom. The zero-order valence-electron chi connectivity index (χ0n) is 44.4. The van der Waals surface area contributed by atoms with Gasteiger partial charge in [0.1, 0.15) is 23.7 Å². The van der Waals surface area contributed by atoms with Crippen LogP contribution < -0.4 is 19.8 Å². The summed E-state index contributed by atoms with van der Waals surface area (Å²) in [5, 5.41) is 1.91. The van der Waals surface area contributed by atoms with E-state index in [4.69, 9.17) is 37.6 Å². The molecule has 3 unspecified atom stereocenters. The Kier molecular flexibility index (Phi) is 19.8. The molecule has 0 aliphatic carbocycles. The van der Waals surface area contributed by atoms with Crippen molar-refractivity contribution in [1.82, 2.24) is 0 Å². The van der Waals surface area contributed by atoms with Crippen LogP contribution in [0.2, 0.25) is 30.7 Å². The minimum Gasteiger partial charge on any atom is -0.497 e. The van der Waals surface area contributed by atoms with Gasteiger partial charge in [0.2, 0.25) is 0 Å². The molecule has 72 heavy (non-hydrogen) atoms. The van der Waals surface area contributed by atoms with E-state index in [1.165, 1.54) is 17.5 Å². The molecule has 1 aliphatic rings. The highest BCUT2D eigenvalue weighted by molar-refractivity contribution is 7.99. The summed E-state index contributed by atoms with van der Waals surface area (Å²) in [5.41, 5.74) is 1.85. The summed E-state index contributed by atoms with van der Waals surface area (Å²) in [5.74, 6) is -0.978. The highest BCUT2D eigenvalue weighted by Crippen LogP contribution is 2.45.